The van der Waals surface area contributed by atoms with Crippen LogP contribution in [0.15, 0.2) is 0 Å². The van der Waals surface area contributed by atoms with E-state index in [1.54, 1.807) is 6.92 Å². The highest BCUT2D eigenvalue weighted by atomic mass is 16.6. The van der Waals surface area contributed by atoms with Gasteiger partial charge in [-0.2, -0.15) is 0 Å². The monoisotopic (exact) mass is 263 g/mol. The fraction of sp³-hybridized carbons (Fsp3) is 0.909. The van der Waals surface area contributed by atoms with Crippen molar-refractivity contribution in [3.8, 4) is 0 Å². The van der Waals surface area contributed by atoms with Crippen LogP contribution in [0.2, 0.25) is 0 Å². The smallest absolute Gasteiger partial charge is 0.173 e. The first-order valence-corrected chi connectivity index (χ1v) is 5.89. The Morgan fingerprint density at radius 2 is 2.11 bits per heavy atom. The summed E-state index contributed by atoms with van der Waals surface area (Å²) in [5.41, 5.74) is 5.68. The minimum Gasteiger partial charge on any atom is -0.394 e. The van der Waals surface area contributed by atoms with E-state index in [0.717, 1.165) is 0 Å². The van der Waals surface area contributed by atoms with Gasteiger partial charge in [-0.25, -0.2) is 0 Å². The van der Waals surface area contributed by atoms with Gasteiger partial charge in [0.05, 0.1) is 18.8 Å². The fourth-order valence-electron chi connectivity index (χ4n) is 2.00. The second-order valence-electron chi connectivity index (χ2n) is 4.63. The lowest BCUT2D eigenvalue weighted by molar-refractivity contribution is -0.262. The molecule has 7 nitrogen and oxygen atoms in total. The second-order valence-corrected chi connectivity index (χ2v) is 4.63. The average molecular weight is 263 g/mol. The molecule has 0 aromatic carbocycles. The van der Waals surface area contributed by atoms with E-state index in [1.807, 2.05) is 0 Å². The van der Waals surface area contributed by atoms with Gasteiger partial charge >= 0.3 is 0 Å². The molecule has 1 heterocycles. The van der Waals surface area contributed by atoms with Crippen LogP contribution in [0.4, 0.5) is 0 Å². The maximum atomic E-state index is 11.0. The summed E-state index contributed by atoms with van der Waals surface area (Å²) in [7, 11) is 0. The molecule has 0 bridgehead atoms. The van der Waals surface area contributed by atoms with Crippen LogP contribution in [0.3, 0.4) is 0 Å². The number of carbonyl (C=O) groups excluding carboxylic acids is 1. The van der Waals surface area contributed by atoms with E-state index in [-0.39, 0.29) is 12.2 Å². The second kappa shape index (κ2) is 6.55. The van der Waals surface area contributed by atoms with E-state index in [1.165, 1.54) is 6.92 Å². The van der Waals surface area contributed by atoms with Gasteiger partial charge in [0.2, 0.25) is 0 Å². The Hall–Kier alpha value is -0.570. The van der Waals surface area contributed by atoms with Crippen molar-refractivity contribution in [1.29, 1.82) is 0 Å². The lowest BCUT2D eigenvalue weighted by atomic mass is 9.97. The highest BCUT2D eigenvalue weighted by Crippen LogP contribution is 2.22. The molecule has 1 aliphatic heterocycles. The van der Waals surface area contributed by atoms with Crippen molar-refractivity contribution >= 4 is 5.78 Å². The van der Waals surface area contributed by atoms with Crippen LogP contribution < -0.4 is 5.73 Å². The van der Waals surface area contributed by atoms with Crippen molar-refractivity contribution < 1.29 is 29.6 Å². The molecule has 0 aliphatic carbocycles. The third-order valence-corrected chi connectivity index (χ3v) is 2.88. The van der Waals surface area contributed by atoms with Crippen LogP contribution in [-0.4, -0.2) is 64.5 Å². The number of hydrogen-bond donors (Lipinski definition) is 4. The third kappa shape index (κ3) is 3.71. The van der Waals surface area contributed by atoms with Gasteiger partial charge in [-0.15, -0.1) is 0 Å². The molecule has 6 atom stereocenters. The summed E-state index contributed by atoms with van der Waals surface area (Å²) in [6.45, 7) is 2.66. The van der Waals surface area contributed by atoms with Crippen molar-refractivity contribution in [1.82, 2.24) is 0 Å². The molecule has 0 aromatic rings. The van der Waals surface area contributed by atoms with Crippen molar-refractivity contribution in [2.24, 2.45) is 5.73 Å². The highest BCUT2D eigenvalue weighted by molar-refractivity contribution is 5.75. The van der Waals surface area contributed by atoms with E-state index in [2.05, 4.69) is 0 Å². The van der Waals surface area contributed by atoms with Gasteiger partial charge in [-0.3, -0.25) is 4.79 Å². The van der Waals surface area contributed by atoms with Gasteiger partial charge in [0, 0.05) is 6.42 Å². The third-order valence-electron chi connectivity index (χ3n) is 2.88. The van der Waals surface area contributed by atoms with E-state index in [0.29, 0.717) is 0 Å². The molecule has 5 N–H and O–H groups in total. The summed E-state index contributed by atoms with van der Waals surface area (Å²) in [5.74, 6) is -0.0446. The predicted octanol–water partition coefficient (Wildman–Crippen LogP) is -1.86. The molecule has 0 saturated carbocycles. The summed E-state index contributed by atoms with van der Waals surface area (Å²) >= 11 is 0. The number of nitrogens with two attached hydrogens (primary N) is 1. The number of hydrogen-bond acceptors (Lipinski definition) is 7. The quantitative estimate of drug-likeness (QED) is 0.458. The van der Waals surface area contributed by atoms with E-state index in [4.69, 9.17) is 20.3 Å². The predicted molar refractivity (Wildman–Crippen MR) is 61.6 cm³/mol. The van der Waals surface area contributed by atoms with Gasteiger partial charge in [0.25, 0.3) is 0 Å². The Balaban J connectivity index is 2.67. The van der Waals surface area contributed by atoms with E-state index in [9.17, 15) is 15.0 Å². The molecule has 1 unspecified atom stereocenters. The lowest BCUT2D eigenvalue weighted by Gasteiger charge is -2.41. The zero-order valence-electron chi connectivity index (χ0n) is 10.5. The molecule has 1 aliphatic rings. The Morgan fingerprint density at radius 3 is 2.61 bits per heavy atom. The van der Waals surface area contributed by atoms with Crippen molar-refractivity contribution in [2.75, 3.05) is 6.61 Å². The lowest BCUT2D eigenvalue weighted by Crippen LogP contribution is -2.63. The average Bonchev–Trinajstić information content (AvgIpc) is 2.28. The van der Waals surface area contributed by atoms with Crippen LogP contribution in [0.5, 0.6) is 0 Å². The minimum absolute atomic E-state index is 0.0446. The first kappa shape index (κ1) is 15.5. The standard InChI is InChI=1S/C11H21NO6/c1-5(14)3-6(2)17-10-8(12)11(16)18-7(4-13)9(10)15/h6-11,13,15-16H,3-4,12H2,1-2H3/t6?,7-,8-,9-,10-,11+/m1/s1. The summed E-state index contributed by atoms with van der Waals surface area (Å²) < 4.78 is 10.4. The van der Waals surface area contributed by atoms with Crippen LogP contribution in [0, 0.1) is 0 Å². The number of Topliss-reactive ketones (excluding diaryl/α,β-unsaturated/α-hetero) is 1. The summed E-state index contributed by atoms with van der Waals surface area (Å²) in [5, 5.41) is 28.5. The number of rotatable bonds is 5. The molecule has 0 aromatic heterocycles. The molecule has 0 amide bonds. The molecule has 106 valence electrons. The molecule has 1 rings (SSSR count). The van der Waals surface area contributed by atoms with Crippen LogP contribution in [0.1, 0.15) is 20.3 Å². The zero-order valence-corrected chi connectivity index (χ0v) is 10.5. The number of ether oxygens (including phenoxy) is 2. The number of ketones is 1. The van der Waals surface area contributed by atoms with Crippen molar-refractivity contribution in [3.63, 3.8) is 0 Å². The number of aliphatic hydroxyl groups excluding tert-OH is 3. The van der Waals surface area contributed by atoms with Gasteiger partial charge < -0.3 is 30.5 Å². The molecular weight excluding hydrogens is 242 g/mol. The summed E-state index contributed by atoms with van der Waals surface area (Å²) in [4.78, 5) is 11.0. The highest BCUT2D eigenvalue weighted by Gasteiger charge is 2.44. The molecule has 18 heavy (non-hydrogen) atoms. The van der Waals surface area contributed by atoms with Crippen LogP contribution in [-0.2, 0) is 14.3 Å². The topological polar surface area (TPSA) is 122 Å². The zero-order chi connectivity index (χ0) is 13.9. The first-order valence-electron chi connectivity index (χ1n) is 5.89. The SMILES string of the molecule is CC(=O)CC(C)O[C@@H]1[C@@H](N)[C@@H](O)O[C@H](CO)[C@H]1O. The summed E-state index contributed by atoms with van der Waals surface area (Å²) in [6.07, 6.45) is -4.55. The van der Waals surface area contributed by atoms with Gasteiger partial charge in [0.1, 0.15) is 24.1 Å². The molecule has 7 heteroatoms. The van der Waals surface area contributed by atoms with Crippen LogP contribution in [0.25, 0.3) is 0 Å². The molecule has 1 saturated heterocycles. The molecular formula is C11H21NO6. The molecule has 1 fully saturated rings. The van der Waals surface area contributed by atoms with Gasteiger partial charge in [-0.05, 0) is 13.8 Å². The minimum atomic E-state index is -1.32. The van der Waals surface area contributed by atoms with E-state index < -0.39 is 43.4 Å². The molecule has 0 radical (unpaired) electrons. The number of aliphatic hydroxyl groups is 3. The maximum Gasteiger partial charge on any atom is 0.173 e. The largest absolute Gasteiger partial charge is 0.394 e. The van der Waals surface area contributed by atoms with E-state index >= 15 is 0 Å². The first-order chi connectivity index (χ1) is 8.36. The Labute approximate surface area is 105 Å². The Kier molecular flexibility index (Phi) is 5.64. The van der Waals surface area contributed by atoms with Gasteiger partial charge in [-0.1, -0.05) is 0 Å². The van der Waals surface area contributed by atoms with Crippen molar-refractivity contribution in [3.05, 3.63) is 0 Å². The Bertz CT molecular complexity index is 287. The van der Waals surface area contributed by atoms with Crippen LogP contribution >= 0.6 is 0 Å². The fourth-order valence-corrected chi connectivity index (χ4v) is 2.00. The Morgan fingerprint density at radius 1 is 1.50 bits per heavy atom. The summed E-state index contributed by atoms with van der Waals surface area (Å²) in [6, 6.07) is -0.933. The number of carbonyl (C=O) groups is 1. The maximum absolute atomic E-state index is 11.0. The molecule has 0 spiro atoms. The van der Waals surface area contributed by atoms with Crippen molar-refractivity contribution in [2.45, 2.75) is 57.0 Å². The van der Waals surface area contributed by atoms with Gasteiger partial charge in [0.15, 0.2) is 6.29 Å². The normalized spacial score (nSPS) is 38.4.